The Bertz CT molecular complexity index is 1050. The fourth-order valence-corrected chi connectivity index (χ4v) is 3.73. The molecular weight excluding hydrogens is 380 g/mol. The Labute approximate surface area is 174 Å². The number of piperidine rings is 1. The predicted molar refractivity (Wildman–Crippen MR) is 115 cm³/mol. The molecule has 0 aliphatic carbocycles. The Balaban J connectivity index is 1.24. The molecule has 2 heterocycles. The first kappa shape index (κ1) is 19.7. The van der Waals surface area contributed by atoms with Crippen molar-refractivity contribution in [2.45, 2.75) is 12.8 Å². The van der Waals surface area contributed by atoms with Crippen LogP contribution in [0.4, 0.5) is 5.69 Å². The summed E-state index contributed by atoms with van der Waals surface area (Å²) in [7, 11) is 0. The molecule has 2 aromatic carbocycles. The molecule has 0 atom stereocenters. The molecule has 3 N–H and O–H groups in total. The molecule has 0 radical (unpaired) electrons. The standard InChI is InChI=1S/C23H24N4O3/c28-21(15-25-22(29)16-4-2-1-3-5-16)27-12-9-17(10-13-27)23(30)26-19-6-7-20-18(14-19)8-11-24-20/h1-8,11,14,17,24H,9-10,12-13,15H2,(H,25,29)(H,26,30). The fraction of sp³-hybridized carbons (Fsp3) is 0.261. The molecule has 1 aromatic heterocycles. The minimum atomic E-state index is -0.266. The molecular formula is C23H24N4O3. The van der Waals surface area contributed by atoms with E-state index in [1.165, 1.54) is 0 Å². The van der Waals surface area contributed by atoms with E-state index in [1.54, 1.807) is 29.2 Å². The number of H-pyrrole nitrogens is 1. The van der Waals surface area contributed by atoms with Gasteiger partial charge in [-0.1, -0.05) is 18.2 Å². The van der Waals surface area contributed by atoms with E-state index in [9.17, 15) is 14.4 Å². The van der Waals surface area contributed by atoms with E-state index >= 15 is 0 Å². The largest absolute Gasteiger partial charge is 0.361 e. The van der Waals surface area contributed by atoms with Crippen molar-refractivity contribution in [2.24, 2.45) is 5.92 Å². The van der Waals surface area contributed by atoms with Gasteiger partial charge in [-0.2, -0.15) is 0 Å². The van der Waals surface area contributed by atoms with Crippen molar-refractivity contribution >= 4 is 34.3 Å². The SMILES string of the molecule is O=C(NCC(=O)N1CCC(C(=O)Nc2ccc3[nH]ccc3c2)CC1)c1ccccc1. The summed E-state index contributed by atoms with van der Waals surface area (Å²) in [6, 6.07) is 16.5. The summed E-state index contributed by atoms with van der Waals surface area (Å²) in [5.74, 6) is -0.544. The van der Waals surface area contributed by atoms with Crippen molar-refractivity contribution in [3.05, 3.63) is 66.4 Å². The molecule has 0 unspecified atom stereocenters. The van der Waals surface area contributed by atoms with Crippen LogP contribution in [-0.4, -0.2) is 47.2 Å². The van der Waals surface area contributed by atoms with Gasteiger partial charge in [0, 0.05) is 47.4 Å². The zero-order valence-corrected chi connectivity index (χ0v) is 16.6. The minimum Gasteiger partial charge on any atom is -0.361 e. The third kappa shape index (κ3) is 4.51. The first-order valence-electron chi connectivity index (χ1n) is 10.1. The molecule has 7 nitrogen and oxygen atoms in total. The molecule has 1 aliphatic rings. The Kier molecular flexibility index (Phi) is 5.79. The van der Waals surface area contributed by atoms with Crippen molar-refractivity contribution in [1.29, 1.82) is 0 Å². The maximum Gasteiger partial charge on any atom is 0.251 e. The summed E-state index contributed by atoms with van der Waals surface area (Å²) in [6.45, 7) is 0.977. The zero-order chi connectivity index (χ0) is 20.9. The van der Waals surface area contributed by atoms with Crippen LogP contribution >= 0.6 is 0 Å². The van der Waals surface area contributed by atoms with Gasteiger partial charge in [0.2, 0.25) is 11.8 Å². The van der Waals surface area contributed by atoms with Crippen LogP contribution in [0.25, 0.3) is 10.9 Å². The number of nitrogens with zero attached hydrogens (tertiary/aromatic N) is 1. The van der Waals surface area contributed by atoms with E-state index in [0.29, 0.717) is 31.5 Å². The quantitative estimate of drug-likeness (QED) is 0.610. The summed E-state index contributed by atoms with van der Waals surface area (Å²) >= 11 is 0. The number of benzene rings is 2. The molecule has 0 saturated carbocycles. The number of carbonyl (C=O) groups is 3. The maximum atomic E-state index is 12.6. The summed E-state index contributed by atoms with van der Waals surface area (Å²) in [6.07, 6.45) is 3.08. The number of likely N-dealkylation sites (tertiary alicyclic amines) is 1. The molecule has 3 aromatic rings. The Morgan fingerprint density at radius 2 is 1.77 bits per heavy atom. The van der Waals surface area contributed by atoms with E-state index in [-0.39, 0.29) is 30.2 Å². The lowest BCUT2D eigenvalue weighted by atomic mass is 9.95. The van der Waals surface area contributed by atoms with Crippen LogP contribution in [0.1, 0.15) is 23.2 Å². The molecule has 1 saturated heterocycles. The van der Waals surface area contributed by atoms with Gasteiger partial charge in [-0.3, -0.25) is 14.4 Å². The van der Waals surface area contributed by atoms with Crippen molar-refractivity contribution < 1.29 is 14.4 Å². The Hall–Kier alpha value is -3.61. The lowest BCUT2D eigenvalue weighted by molar-refractivity contribution is -0.133. The van der Waals surface area contributed by atoms with Gasteiger partial charge < -0.3 is 20.5 Å². The topological polar surface area (TPSA) is 94.3 Å². The monoisotopic (exact) mass is 404 g/mol. The van der Waals surface area contributed by atoms with Crippen molar-refractivity contribution in [2.75, 3.05) is 25.0 Å². The normalized spacial score (nSPS) is 14.5. The predicted octanol–water partition coefficient (Wildman–Crippen LogP) is 2.78. The lowest BCUT2D eigenvalue weighted by Gasteiger charge is -2.31. The minimum absolute atomic E-state index is 0.0191. The van der Waals surface area contributed by atoms with E-state index in [4.69, 9.17) is 0 Å². The number of hydrogen-bond acceptors (Lipinski definition) is 3. The second-order valence-electron chi connectivity index (χ2n) is 7.47. The van der Waals surface area contributed by atoms with E-state index in [0.717, 1.165) is 16.6 Å². The van der Waals surface area contributed by atoms with Crippen LogP contribution in [0.5, 0.6) is 0 Å². The first-order chi connectivity index (χ1) is 14.6. The molecule has 1 aliphatic heterocycles. The van der Waals surface area contributed by atoms with Gasteiger partial charge in [-0.15, -0.1) is 0 Å². The summed E-state index contributed by atoms with van der Waals surface area (Å²) in [5.41, 5.74) is 2.33. The van der Waals surface area contributed by atoms with Crippen LogP contribution in [0.15, 0.2) is 60.8 Å². The highest BCUT2D eigenvalue weighted by atomic mass is 16.2. The number of amides is 3. The average Bonchev–Trinajstić information content (AvgIpc) is 3.26. The zero-order valence-electron chi connectivity index (χ0n) is 16.6. The van der Waals surface area contributed by atoms with E-state index in [2.05, 4.69) is 15.6 Å². The number of aromatic nitrogens is 1. The number of rotatable bonds is 5. The van der Waals surface area contributed by atoms with Crippen molar-refractivity contribution in [1.82, 2.24) is 15.2 Å². The number of carbonyl (C=O) groups excluding carboxylic acids is 3. The highest BCUT2D eigenvalue weighted by Crippen LogP contribution is 2.22. The Morgan fingerprint density at radius 3 is 2.53 bits per heavy atom. The molecule has 154 valence electrons. The highest BCUT2D eigenvalue weighted by molar-refractivity contribution is 5.97. The van der Waals surface area contributed by atoms with Gasteiger partial charge in [0.05, 0.1) is 6.54 Å². The lowest BCUT2D eigenvalue weighted by Crippen LogP contribution is -2.45. The van der Waals surface area contributed by atoms with E-state index in [1.807, 2.05) is 36.5 Å². The van der Waals surface area contributed by atoms with Crippen molar-refractivity contribution in [3.8, 4) is 0 Å². The first-order valence-corrected chi connectivity index (χ1v) is 10.1. The fourth-order valence-electron chi connectivity index (χ4n) is 3.73. The molecule has 0 bridgehead atoms. The second kappa shape index (κ2) is 8.82. The third-order valence-electron chi connectivity index (χ3n) is 5.48. The molecule has 4 rings (SSSR count). The van der Waals surface area contributed by atoms with Crippen LogP contribution in [-0.2, 0) is 9.59 Å². The molecule has 3 amide bonds. The Morgan fingerprint density at radius 1 is 1.00 bits per heavy atom. The van der Waals surface area contributed by atoms with E-state index < -0.39 is 0 Å². The van der Waals surface area contributed by atoms with Crippen LogP contribution < -0.4 is 10.6 Å². The molecule has 1 fully saturated rings. The van der Waals surface area contributed by atoms with Gasteiger partial charge in [-0.05, 0) is 49.2 Å². The van der Waals surface area contributed by atoms with Gasteiger partial charge in [0.15, 0.2) is 0 Å². The van der Waals surface area contributed by atoms with Gasteiger partial charge in [0.25, 0.3) is 5.91 Å². The summed E-state index contributed by atoms with van der Waals surface area (Å²) in [5, 5.41) is 6.69. The van der Waals surface area contributed by atoms with Gasteiger partial charge >= 0.3 is 0 Å². The number of anilines is 1. The smallest absolute Gasteiger partial charge is 0.251 e. The highest BCUT2D eigenvalue weighted by Gasteiger charge is 2.27. The number of nitrogens with one attached hydrogen (secondary N) is 3. The molecule has 7 heteroatoms. The van der Waals surface area contributed by atoms with Crippen LogP contribution in [0.3, 0.4) is 0 Å². The summed E-state index contributed by atoms with van der Waals surface area (Å²) < 4.78 is 0. The number of fused-ring (bicyclic) bond motifs is 1. The van der Waals surface area contributed by atoms with Gasteiger partial charge in [0.1, 0.15) is 0 Å². The van der Waals surface area contributed by atoms with Gasteiger partial charge in [-0.25, -0.2) is 0 Å². The third-order valence-corrected chi connectivity index (χ3v) is 5.48. The van der Waals surface area contributed by atoms with Crippen LogP contribution in [0.2, 0.25) is 0 Å². The summed E-state index contributed by atoms with van der Waals surface area (Å²) in [4.78, 5) is 41.9. The number of aromatic amines is 1. The maximum absolute atomic E-state index is 12.6. The van der Waals surface area contributed by atoms with Crippen molar-refractivity contribution in [3.63, 3.8) is 0 Å². The molecule has 0 spiro atoms. The average molecular weight is 404 g/mol. The second-order valence-corrected chi connectivity index (χ2v) is 7.47. The number of hydrogen-bond donors (Lipinski definition) is 3. The van der Waals surface area contributed by atoms with Crippen LogP contribution in [0, 0.1) is 5.92 Å². The molecule has 30 heavy (non-hydrogen) atoms.